The van der Waals surface area contributed by atoms with Crippen LogP contribution < -0.4 is 5.43 Å². The van der Waals surface area contributed by atoms with E-state index >= 15 is 0 Å². The molecule has 0 spiro atoms. The van der Waals surface area contributed by atoms with Crippen LogP contribution in [0.5, 0.6) is 0 Å². The summed E-state index contributed by atoms with van der Waals surface area (Å²) in [6.07, 6.45) is 4.96. The third-order valence-electron chi connectivity index (χ3n) is 1.02. The molecule has 0 atom stereocenters. The van der Waals surface area contributed by atoms with Crippen molar-refractivity contribution in [2.45, 2.75) is 19.9 Å². The lowest BCUT2D eigenvalue weighted by atomic mass is 10.4. The first-order valence-electron chi connectivity index (χ1n) is 2.62. The van der Waals surface area contributed by atoms with E-state index in [1.165, 1.54) is 0 Å². The van der Waals surface area contributed by atoms with Gasteiger partial charge in [-0.25, -0.2) is 5.01 Å². The van der Waals surface area contributed by atoms with Crippen LogP contribution in [-0.2, 0) is 0 Å². The maximum absolute atomic E-state index is 4.96. The van der Waals surface area contributed by atoms with E-state index in [9.17, 15) is 0 Å². The molecule has 0 bridgehead atoms. The van der Waals surface area contributed by atoms with E-state index < -0.39 is 0 Å². The first-order valence-corrected chi connectivity index (χ1v) is 2.62. The summed E-state index contributed by atoms with van der Waals surface area (Å²) in [4.78, 5) is 0. The van der Waals surface area contributed by atoms with Gasteiger partial charge in [-0.1, -0.05) is 6.42 Å². The maximum atomic E-state index is 4.96. The Kier molecular flexibility index (Phi) is 3.05. The fraction of sp³-hybridized carbons (Fsp3) is 0.667. The second-order valence-corrected chi connectivity index (χ2v) is 1.96. The molecule has 2 heteroatoms. The topological polar surface area (TPSA) is 15.3 Å². The molecule has 0 aliphatic heterocycles. The highest BCUT2D eigenvalue weighted by Crippen LogP contribution is 1.84. The number of nitrogens with one attached hydrogen (secondary N) is 1. The van der Waals surface area contributed by atoms with Gasteiger partial charge in [0.2, 0.25) is 0 Å². The lowest BCUT2D eigenvalue weighted by Crippen LogP contribution is -2.36. The van der Waals surface area contributed by atoms with Crippen molar-refractivity contribution in [3.63, 3.8) is 0 Å². The molecule has 0 aromatic carbocycles. The Balaban J connectivity index is 3.35. The summed E-state index contributed by atoms with van der Waals surface area (Å²) in [6.45, 7) is 4.12. The van der Waals surface area contributed by atoms with E-state index in [0.717, 1.165) is 0 Å². The van der Waals surface area contributed by atoms with Gasteiger partial charge in [-0.2, -0.15) is 0 Å². The van der Waals surface area contributed by atoms with Gasteiger partial charge in [0.15, 0.2) is 0 Å². The zero-order valence-corrected chi connectivity index (χ0v) is 5.60. The Labute approximate surface area is 50.8 Å². The van der Waals surface area contributed by atoms with Crippen molar-refractivity contribution in [1.29, 1.82) is 0 Å². The van der Waals surface area contributed by atoms with Gasteiger partial charge in [0, 0.05) is 19.1 Å². The minimum atomic E-state index is 0.450. The second kappa shape index (κ2) is 3.34. The average molecular weight is 112 g/mol. The van der Waals surface area contributed by atoms with Crippen LogP contribution in [0.3, 0.4) is 0 Å². The minimum absolute atomic E-state index is 0.450. The van der Waals surface area contributed by atoms with Crippen LogP contribution in [0.1, 0.15) is 13.8 Å². The van der Waals surface area contributed by atoms with Crippen molar-refractivity contribution >= 4 is 0 Å². The van der Waals surface area contributed by atoms with E-state index in [0.29, 0.717) is 6.04 Å². The quantitative estimate of drug-likeness (QED) is 0.316. The van der Waals surface area contributed by atoms with Gasteiger partial charge in [0.1, 0.15) is 0 Å². The predicted molar refractivity (Wildman–Crippen MR) is 34.9 cm³/mol. The molecule has 0 rings (SSSR count). The van der Waals surface area contributed by atoms with Crippen LogP contribution in [0.2, 0.25) is 0 Å². The van der Waals surface area contributed by atoms with Gasteiger partial charge in [0.05, 0.1) is 0 Å². The fourth-order valence-electron chi connectivity index (χ4n) is 0.231. The molecule has 0 heterocycles. The van der Waals surface area contributed by atoms with Gasteiger partial charge in [0.25, 0.3) is 0 Å². The average Bonchev–Trinajstić information content (AvgIpc) is 1.67. The summed E-state index contributed by atoms with van der Waals surface area (Å²) in [5.74, 6) is 0. The maximum Gasteiger partial charge on any atom is 0.0238 e. The van der Waals surface area contributed by atoms with Crippen molar-refractivity contribution in [2.75, 3.05) is 7.05 Å². The highest BCUT2D eigenvalue weighted by molar-refractivity contribution is 4.78. The number of terminal acetylenes is 1. The molecule has 0 unspecified atom stereocenters. The molecule has 0 aliphatic rings. The van der Waals surface area contributed by atoms with Gasteiger partial charge in [-0.15, -0.1) is 0 Å². The molecule has 0 aromatic rings. The molecule has 0 fully saturated rings. The Morgan fingerprint density at radius 3 is 2.25 bits per heavy atom. The van der Waals surface area contributed by atoms with Crippen molar-refractivity contribution in [3.05, 3.63) is 0 Å². The van der Waals surface area contributed by atoms with Crippen molar-refractivity contribution in [3.8, 4) is 12.5 Å². The number of hydrazine groups is 1. The first kappa shape index (κ1) is 7.32. The lowest BCUT2D eigenvalue weighted by Gasteiger charge is -2.18. The normalized spacial score (nSPS) is 9.50. The van der Waals surface area contributed by atoms with Gasteiger partial charge < -0.3 is 0 Å². The van der Waals surface area contributed by atoms with E-state index in [1.54, 1.807) is 0 Å². The van der Waals surface area contributed by atoms with Gasteiger partial charge >= 0.3 is 0 Å². The molecule has 0 saturated carbocycles. The molecule has 0 aliphatic carbocycles. The Bertz CT molecular complexity index is 91.2. The van der Waals surface area contributed by atoms with E-state index in [-0.39, 0.29) is 0 Å². The van der Waals surface area contributed by atoms with Crippen molar-refractivity contribution in [1.82, 2.24) is 10.4 Å². The third kappa shape index (κ3) is 2.49. The van der Waals surface area contributed by atoms with Crippen molar-refractivity contribution in [2.24, 2.45) is 0 Å². The van der Waals surface area contributed by atoms with Crippen LogP contribution >= 0.6 is 0 Å². The van der Waals surface area contributed by atoms with Gasteiger partial charge in [-0.05, 0) is 13.8 Å². The van der Waals surface area contributed by atoms with Crippen LogP contribution in [0.15, 0.2) is 0 Å². The highest BCUT2D eigenvalue weighted by Gasteiger charge is 1.96. The standard InChI is InChI=1S/C6H12N2/c1-5-7-8(4)6(2)3/h1,6-7H,2-4H3. The molecular formula is C6H12N2. The third-order valence-corrected chi connectivity index (χ3v) is 1.02. The number of hydrogen-bond donors (Lipinski definition) is 1. The van der Waals surface area contributed by atoms with Crippen LogP contribution in [0.4, 0.5) is 0 Å². The second-order valence-electron chi connectivity index (χ2n) is 1.96. The Morgan fingerprint density at radius 1 is 1.62 bits per heavy atom. The molecule has 0 saturated heterocycles. The van der Waals surface area contributed by atoms with E-state index in [1.807, 2.05) is 12.1 Å². The van der Waals surface area contributed by atoms with Crippen LogP contribution in [0.25, 0.3) is 0 Å². The Morgan fingerprint density at radius 2 is 2.12 bits per heavy atom. The van der Waals surface area contributed by atoms with E-state index in [4.69, 9.17) is 6.42 Å². The van der Waals surface area contributed by atoms with Crippen LogP contribution in [0, 0.1) is 12.5 Å². The summed E-state index contributed by atoms with van der Waals surface area (Å²) >= 11 is 0. The highest BCUT2D eigenvalue weighted by atomic mass is 15.5. The molecular weight excluding hydrogens is 100 g/mol. The lowest BCUT2D eigenvalue weighted by molar-refractivity contribution is 0.228. The predicted octanol–water partition coefficient (Wildman–Crippen LogP) is 0.422. The largest absolute Gasteiger partial charge is 0.278 e. The monoisotopic (exact) mass is 112 g/mol. The summed E-state index contributed by atoms with van der Waals surface area (Å²) in [7, 11) is 1.91. The molecule has 0 aromatic heterocycles. The summed E-state index contributed by atoms with van der Waals surface area (Å²) in [6, 6.07) is 2.77. The smallest absolute Gasteiger partial charge is 0.0238 e. The molecule has 1 N–H and O–H groups in total. The number of rotatable bonds is 2. The SMILES string of the molecule is C#CNN(C)C(C)C. The summed E-state index contributed by atoms with van der Waals surface area (Å²) < 4.78 is 0. The van der Waals surface area contributed by atoms with Gasteiger partial charge in [-0.3, -0.25) is 5.43 Å². The summed E-state index contributed by atoms with van der Waals surface area (Å²) in [5.41, 5.74) is 2.71. The summed E-state index contributed by atoms with van der Waals surface area (Å²) in [5, 5.41) is 1.86. The minimum Gasteiger partial charge on any atom is -0.278 e. The molecule has 0 radical (unpaired) electrons. The number of hydrogen-bond acceptors (Lipinski definition) is 2. The van der Waals surface area contributed by atoms with E-state index in [2.05, 4.69) is 25.3 Å². The zero-order valence-electron chi connectivity index (χ0n) is 5.60. The van der Waals surface area contributed by atoms with Crippen LogP contribution in [-0.4, -0.2) is 18.1 Å². The van der Waals surface area contributed by atoms with Crippen molar-refractivity contribution < 1.29 is 0 Å². The molecule has 8 heavy (non-hydrogen) atoms. The zero-order chi connectivity index (χ0) is 6.57. The molecule has 2 nitrogen and oxygen atoms in total. The fourth-order valence-corrected chi connectivity index (χ4v) is 0.231. The molecule has 46 valence electrons. The Hall–Kier alpha value is -0.680. The molecule has 0 amide bonds. The first-order chi connectivity index (χ1) is 3.68. The number of nitrogens with zero attached hydrogens (tertiary/aromatic N) is 1.